The fraction of sp³-hybridized carbons (Fsp3) is 0.694. The second kappa shape index (κ2) is 20.0. The van der Waals surface area contributed by atoms with Gasteiger partial charge in [-0.25, -0.2) is 0 Å². The number of aliphatic carboxylic acids is 1. The molecule has 1 aromatic carbocycles. The summed E-state index contributed by atoms with van der Waals surface area (Å²) in [5.41, 5.74) is 5.13. The van der Waals surface area contributed by atoms with Crippen molar-refractivity contribution in [3.63, 3.8) is 0 Å². The smallest absolute Gasteiger partial charge is 0.303 e. The van der Waals surface area contributed by atoms with E-state index in [9.17, 15) is 25.2 Å². The van der Waals surface area contributed by atoms with Crippen molar-refractivity contribution in [3.8, 4) is 0 Å². The lowest BCUT2D eigenvalue weighted by atomic mass is 9.80. The van der Waals surface area contributed by atoms with Crippen molar-refractivity contribution in [2.45, 2.75) is 136 Å². The third-order valence-electron chi connectivity index (χ3n) is 8.81. The van der Waals surface area contributed by atoms with Crippen LogP contribution in [0.4, 0.5) is 0 Å². The molecule has 0 aliphatic heterocycles. The highest BCUT2D eigenvalue weighted by Crippen LogP contribution is 2.34. The van der Waals surface area contributed by atoms with E-state index in [1.54, 1.807) is 0 Å². The predicted octanol–water partition coefficient (Wildman–Crippen LogP) is 7.81. The van der Waals surface area contributed by atoms with Gasteiger partial charge in [-0.3, -0.25) is 4.79 Å². The van der Waals surface area contributed by atoms with Crippen molar-refractivity contribution < 1.29 is 25.2 Å². The van der Waals surface area contributed by atoms with Gasteiger partial charge in [0.05, 0.1) is 18.8 Å². The molecule has 5 heteroatoms. The Kier molecular flexibility index (Phi) is 17.2. The standard InChI is InChI=1S/C36H58O5/c1-4-5-6-11-34(38)22-21-32-20-19-31-10-8-7-9-30(31)18-16-29(24-33(32)25-35(39)26-37)15-14-28(13-12-27(2)3)17-23-36(40)41/h7-10,21-22,27-29,34-35,37-39H,4-6,11-20,23-26H2,1-3H3,(H,40,41)/t28-,29+,34-,35-/m0/s1. The molecule has 5 nitrogen and oxygen atoms in total. The first-order valence-corrected chi connectivity index (χ1v) is 16.4. The van der Waals surface area contributed by atoms with Gasteiger partial charge in [0.2, 0.25) is 0 Å². The molecule has 0 amide bonds. The molecule has 2 rings (SSSR count). The van der Waals surface area contributed by atoms with Crippen molar-refractivity contribution in [1.29, 1.82) is 0 Å². The number of unbranched alkanes of at least 4 members (excludes halogenated alkanes) is 2. The number of carbonyl (C=O) groups is 1. The van der Waals surface area contributed by atoms with Gasteiger partial charge in [-0.05, 0) is 92.2 Å². The lowest BCUT2D eigenvalue weighted by Gasteiger charge is -2.26. The second-order valence-corrected chi connectivity index (χ2v) is 12.8. The molecule has 0 heterocycles. The number of rotatable bonds is 18. The molecule has 0 bridgehead atoms. The minimum atomic E-state index is -0.798. The normalized spacial score (nSPS) is 18.9. The molecular formula is C36H58O5. The van der Waals surface area contributed by atoms with Crippen molar-refractivity contribution in [2.75, 3.05) is 6.61 Å². The summed E-state index contributed by atoms with van der Waals surface area (Å²) in [6.45, 7) is 6.36. The number of hydrogen-bond acceptors (Lipinski definition) is 4. The van der Waals surface area contributed by atoms with Crippen LogP contribution >= 0.6 is 0 Å². The number of aryl methyl sites for hydroxylation is 2. The van der Waals surface area contributed by atoms with Gasteiger partial charge in [0.25, 0.3) is 0 Å². The van der Waals surface area contributed by atoms with Crippen LogP contribution in [0.1, 0.15) is 122 Å². The van der Waals surface area contributed by atoms with Gasteiger partial charge in [-0.15, -0.1) is 0 Å². The average molecular weight is 571 g/mol. The Morgan fingerprint density at radius 3 is 2.37 bits per heavy atom. The molecule has 4 atom stereocenters. The van der Waals surface area contributed by atoms with E-state index in [1.807, 2.05) is 6.08 Å². The summed E-state index contributed by atoms with van der Waals surface area (Å²) in [4.78, 5) is 11.3. The third-order valence-corrected chi connectivity index (χ3v) is 8.81. The summed E-state index contributed by atoms with van der Waals surface area (Å²) < 4.78 is 0. The van der Waals surface area contributed by atoms with E-state index >= 15 is 0 Å². The average Bonchev–Trinajstić information content (AvgIpc) is 2.95. The van der Waals surface area contributed by atoms with E-state index in [-0.39, 0.29) is 13.0 Å². The van der Waals surface area contributed by atoms with E-state index in [2.05, 4.69) is 51.1 Å². The van der Waals surface area contributed by atoms with Gasteiger partial charge >= 0.3 is 5.97 Å². The quantitative estimate of drug-likeness (QED) is 0.135. The highest BCUT2D eigenvalue weighted by molar-refractivity contribution is 5.66. The summed E-state index contributed by atoms with van der Waals surface area (Å²) in [6, 6.07) is 8.71. The molecule has 1 aromatic rings. The highest BCUT2D eigenvalue weighted by atomic mass is 16.4. The van der Waals surface area contributed by atoms with Gasteiger partial charge < -0.3 is 20.4 Å². The van der Waals surface area contributed by atoms with Crippen LogP contribution in [0.5, 0.6) is 0 Å². The van der Waals surface area contributed by atoms with Gasteiger partial charge in [-0.1, -0.05) is 101 Å². The largest absolute Gasteiger partial charge is 0.481 e. The molecule has 0 spiro atoms. The number of aliphatic hydroxyl groups is 3. The number of allylic oxidation sites excluding steroid dienone is 2. The minimum absolute atomic E-state index is 0.226. The molecule has 232 valence electrons. The van der Waals surface area contributed by atoms with Crippen LogP contribution in [0.25, 0.3) is 0 Å². The zero-order valence-electron chi connectivity index (χ0n) is 26.1. The monoisotopic (exact) mass is 570 g/mol. The molecule has 0 saturated carbocycles. The van der Waals surface area contributed by atoms with Crippen LogP contribution in [0.15, 0.2) is 47.6 Å². The molecule has 0 radical (unpaired) electrons. The lowest BCUT2D eigenvalue weighted by Crippen LogP contribution is -2.17. The molecule has 4 N–H and O–H groups in total. The van der Waals surface area contributed by atoms with Crippen LogP contribution in [0, 0.1) is 17.8 Å². The van der Waals surface area contributed by atoms with E-state index in [0.29, 0.717) is 24.2 Å². The summed E-state index contributed by atoms with van der Waals surface area (Å²) in [5.74, 6) is 0.704. The molecular weight excluding hydrogens is 512 g/mol. The summed E-state index contributed by atoms with van der Waals surface area (Å²) in [5, 5.41) is 40.2. The minimum Gasteiger partial charge on any atom is -0.481 e. The zero-order valence-corrected chi connectivity index (χ0v) is 26.1. The van der Waals surface area contributed by atoms with Crippen molar-refractivity contribution in [1.82, 2.24) is 0 Å². The maximum atomic E-state index is 11.3. The predicted molar refractivity (Wildman–Crippen MR) is 169 cm³/mol. The fourth-order valence-electron chi connectivity index (χ4n) is 6.17. The van der Waals surface area contributed by atoms with Crippen molar-refractivity contribution in [2.24, 2.45) is 17.8 Å². The summed E-state index contributed by atoms with van der Waals surface area (Å²) in [6.07, 6.45) is 17.0. The topological polar surface area (TPSA) is 98.0 Å². The van der Waals surface area contributed by atoms with Gasteiger partial charge in [0.1, 0.15) is 0 Å². The number of carboxylic acid groups (broad SMARTS) is 1. The van der Waals surface area contributed by atoms with Crippen LogP contribution in [-0.2, 0) is 17.6 Å². The molecule has 0 unspecified atom stereocenters. The van der Waals surface area contributed by atoms with Crippen LogP contribution < -0.4 is 0 Å². The van der Waals surface area contributed by atoms with Gasteiger partial charge in [-0.2, -0.15) is 0 Å². The first-order valence-electron chi connectivity index (χ1n) is 16.4. The summed E-state index contributed by atoms with van der Waals surface area (Å²) >= 11 is 0. The Morgan fingerprint density at radius 2 is 1.71 bits per heavy atom. The van der Waals surface area contributed by atoms with Gasteiger partial charge in [0.15, 0.2) is 0 Å². The number of hydrogen-bond donors (Lipinski definition) is 4. The Balaban J connectivity index is 2.35. The third kappa shape index (κ3) is 14.7. The maximum Gasteiger partial charge on any atom is 0.303 e. The lowest BCUT2D eigenvalue weighted by molar-refractivity contribution is -0.137. The van der Waals surface area contributed by atoms with E-state index in [4.69, 9.17) is 0 Å². The number of benzene rings is 1. The molecule has 1 aliphatic rings. The Morgan fingerprint density at radius 1 is 0.976 bits per heavy atom. The number of carboxylic acids is 1. The first-order chi connectivity index (χ1) is 19.7. The zero-order chi connectivity index (χ0) is 30.0. The van der Waals surface area contributed by atoms with Crippen LogP contribution in [0.2, 0.25) is 0 Å². The molecule has 0 aromatic heterocycles. The number of fused-ring (bicyclic) bond motifs is 1. The molecule has 0 saturated heterocycles. The fourth-order valence-corrected chi connectivity index (χ4v) is 6.17. The van der Waals surface area contributed by atoms with Crippen molar-refractivity contribution in [3.05, 3.63) is 58.7 Å². The van der Waals surface area contributed by atoms with Crippen LogP contribution in [-0.4, -0.2) is 45.2 Å². The molecule has 1 aliphatic carbocycles. The molecule has 41 heavy (non-hydrogen) atoms. The van der Waals surface area contributed by atoms with Gasteiger partial charge in [0, 0.05) is 6.42 Å². The van der Waals surface area contributed by atoms with E-state index in [1.165, 1.54) is 22.3 Å². The summed E-state index contributed by atoms with van der Waals surface area (Å²) in [7, 11) is 0. The number of aliphatic hydroxyl groups excluding tert-OH is 3. The molecule has 0 fully saturated rings. The van der Waals surface area contributed by atoms with Crippen LogP contribution in [0.3, 0.4) is 0 Å². The Hall–Kier alpha value is -1.95. The van der Waals surface area contributed by atoms with Crippen molar-refractivity contribution >= 4 is 5.97 Å². The Bertz CT molecular complexity index is 934. The van der Waals surface area contributed by atoms with E-state index in [0.717, 1.165) is 89.9 Å². The highest BCUT2D eigenvalue weighted by Gasteiger charge is 2.21. The maximum absolute atomic E-state index is 11.3. The Labute approximate surface area is 249 Å². The first kappa shape index (κ1) is 35.2. The second-order valence-electron chi connectivity index (χ2n) is 12.8. The van der Waals surface area contributed by atoms with E-state index < -0.39 is 18.2 Å². The SMILES string of the molecule is CCCCC[C@H](O)C=CC1=C(C[C@H](O)CO)C[C@H](CC[C@@H](CCC(=O)O)CCC(C)C)CCc2ccccc2CC1.